The van der Waals surface area contributed by atoms with Crippen LogP contribution in [0.5, 0.6) is 0 Å². The number of pyridine rings is 1. The number of anilines is 1. The van der Waals surface area contributed by atoms with E-state index in [0.717, 1.165) is 16.8 Å². The van der Waals surface area contributed by atoms with E-state index in [1.54, 1.807) is 37.4 Å². The third-order valence-electron chi connectivity index (χ3n) is 3.39. The van der Waals surface area contributed by atoms with Crippen LogP contribution in [0.4, 0.5) is 10.2 Å². The van der Waals surface area contributed by atoms with Crippen LogP contribution in [-0.4, -0.2) is 21.1 Å². The molecule has 0 bridgehead atoms. The van der Waals surface area contributed by atoms with Gasteiger partial charge in [0, 0.05) is 6.20 Å². The second-order valence-electron chi connectivity index (χ2n) is 5.37. The number of nitrogens with one attached hydrogen (secondary N) is 1. The molecule has 120 valence electrons. The molecule has 3 rings (SSSR count). The van der Waals surface area contributed by atoms with Gasteiger partial charge in [0.05, 0.1) is 5.69 Å². The predicted molar refractivity (Wildman–Crippen MR) is 88.2 cm³/mol. The second-order valence-corrected chi connectivity index (χ2v) is 5.37. The molecule has 0 saturated heterocycles. The van der Waals surface area contributed by atoms with Gasteiger partial charge < -0.3 is 5.32 Å². The Balaban J connectivity index is 1.66. The summed E-state index contributed by atoms with van der Waals surface area (Å²) in [5.41, 5.74) is 2.76. The van der Waals surface area contributed by atoms with Crippen LogP contribution >= 0.6 is 0 Å². The van der Waals surface area contributed by atoms with Crippen LogP contribution < -0.4 is 5.32 Å². The number of carbonyl (C=O) groups excluding carboxylic acids is 1. The van der Waals surface area contributed by atoms with E-state index in [-0.39, 0.29) is 17.4 Å². The minimum atomic E-state index is -0.368. The summed E-state index contributed by atoms with van der Waals surface area (Å²) in [6.45, 7) is 1.80. The quantitative estimate of drug-likeness (QED) is 0.801. The van der Waals surface area contributed by atoms with Crippen molar-refractivity contribution in [2.75, 3.05) is 5.32 Å². The Morgan fingerprint density at radius 3 is 2.62 bits per heavy atom. The lowest BCUT2D eigenvalue weighted by molar-refractivity contribution is 0.102. The molecule has 2 heterocycles. The molecule has 5 nitrogen and oxygen atoms in total. The number of hydrogen-bond acceptors (Lipinski definition) is 4. The number of aryl methyl sites for hydroxylation is 1. The van der Waals surface area contributed by atoms with Crippen molar-refractivity contribution < 1.29 is 9.18 Å². The highest BCUT2D eigenvalue weighted by atomic mass is 19.1. The summed E-state index contributed by atoms with van der Waals surface area (Å²) >= 11 is 0. The van der Waals surface area contributed by atoms with Gasteiger partial charge in [-0.15, -0.1) is 5.10 Å². The van der Waals surface area contributed by atoms with Crippen molar-refractivity contribution in [2.24, 2.45) is 0 Å². The molecule has 0 unspecified atom stereocenters. The Bertz CT molecular complexity index is 848. The van der Waals surface area contributed by atoms with Crippen molar-refractivity contribution in [3.05, 3.63) is 83.1 Å². The smallest absolute Gasteiger partial charge is 0.277 e. The monoisotopic (exact) mass is 322 g/mol. The fourth-order valence-electron chi connectivity index (χ4n) is 2.19. The Kier molecular flexibility index (Phi) is 4.56. The molecule has 24 heavy (non-hydrogen) atoms. The minimum Gasteiger partial charge on any atom is -0.305 e. The zero-order chi connectivity index (χ0) is 16.9. The SMILES string of the molecule is Cc1ccc(C(=O)Nc2ccc(Cc3cccc(F)c3)cn2)nn1. The van der Waals surface area contributed by atoms with E-state index in [1.165, 1.54) is 12.1 Å². The summed E-state index contributed by atoms with van der Waals surface area (Å²) in [5.74, 6) is -0.207. The van der Waals surface area contributed by atoms with Gasteiger partial charge >= 0.3 is 0 Å². The molecule has 6 heteroatoms. The molecule has 0 radical (unpaired) electrons. The number of hydrogen-bond donors (Lipinski definition) is 1. The molecule has 0 spiro atoms. The average molecular weight is 322 g/mol. The molecule has 0 aliphatic rings. The van der Waals surface area contributed by atoms with Gasteiger partial charge in [0.25, 0.3) is 5.91 Å². The maximum atomic E-state index is 13.2. The van der Waals surface area contributed by atoms with Crippen LogP contribution in [0.15, 0.2) is 54.7 Å². The minimum absolute atomic E-state index is 0.228. The third-order valence-corrected chi connectivity index (χ3v) is 3.39. The second kappa shape index (κ2) is 6.95. The molecule has 0 saturated carbocycles. The molecule has 1 aromatic carbocycles. The first-order chi connectivity index (χ1) is 11.6. The Hall–Kier alpha value is -3.15. The van der Waals surface area contributed by atoms with E-state index in [2.05, 4.69) is 20.5 Å². The molecule has 0 aliphatic heterocycles. The number of nitrogens with zero attached hydrogens (tertiary/aromatic N) is 3. The Morgan fingerprint density at radius 1 is 1.08 bits per heavy atom. The number of rotatable bonds is 4. The van der Waals surface area contributed by atoms with Crippen LogP contribution in [0.2, 0.25) is 0 Å². The molecule has 1 amide bonds. The van der Waals surface area contributed by atoms with Gasteiger partial charge in [-0.2, -0.15) is 5.10 Å². The van der Waals surface area contributed by atoms with Crippen LogP contribution in [0, 0.1) is 12.7 Å². The van der Waals surface area contributed by atoms with Gasteiger partial charge in [0.15, 0.2) is 5.69 Å². The van der Waals surface area contributed by atoms with Crippen LogP contribution in [0.25, 0.3) is 0 Å². The highest BCUT2D eigenvalue weighted by molar-refractivity contribution is 6.02. The van der Waals surface area contributed by atoms with Crippen molar-refractivity contribution in [1.29, 1.82) is 0 Å². The van der Waals surface area contributed by atoms with Crippen LogP contribution in [0.1, 0.15) is 27.3 Å². The number of halogens is 1. The zero-order valence-corrected chi connectivity index (χ0v) is 13.0. The van der Waals surface area contributed by atoms with Gasteiger partial charge in [-0.1, -0.05) is 18.2 Å². The lowest BCUT2D eigenvalue weighted by Crippen LogP contribution is -2.15. The lowest BCUT2D eigenvalue weighted by atomic mass is 10.1. The molecule has 3 aromatic rings. The molecule has 0 aliphatic carbocycles. The molecule has 0 fully saturated rings. The molecule has 2 aromatic heterocycles. The lowest BCUT2D eigenvalue weighted by Gasteiger charge is -2.06. The number of benzene rings is 1. The zero-order valence-electron chi connectivity index (χ0n) is 13.0. The Morgan fingerprint density at radius 2 is 1.96 bits per heavy atom. The fourth-order valence-corrected chi connectivity index (χ4v) is 2.19. The number of aromatic nitrogens is 3. The van der Waals surface area contributed by atoms with Gasteiger partial charge in [-0.3, -0.25) is 4.79 Å². The van der Waals surface area contributed by atoms with Crippen molar-refractivity contribution >= 4 is 11.7 Å². The first-order valence-corrected chi connectivity index (χ1v) is 7.41. The van der Waals surface area contributed by atoms with E-state index in [1.807, 2.05) is 12.1 Å². The van der Waals surface area contributed by atoms with Crippen molar-refractivity contribution in [3.63, 3.8) is 0 Å². The molecule has 1 N–H and O–H groups in total. The average Bonchev–Trinajstić information content (AvgIpc) is 2.57. The topological polar surface area (TPSA) is 67.8 Å². The van der Waals surface area contributed by atoms with Gasteiger partial charge in [-0.25, -0.2) is 9.37 Å². The highest BCUT2D eigenvalue weighted by Crippen LogP contribution is 2.12. The molecular formula is C18H15FN4O. The number of amides is 1. The first-order valence-electron chi connectivity index (χ1n) is 7.41. The standard InChI is InChI=1S/C18H15FN4O/c1-12-5-7-16(23-22-12)18(24)21-17-8-6-14(11-20-17)9-13-3-2-4-15(19)10-13/h2-8,10-11H,9H2,1H3,(H,20,21,24). The predicted octanol–water partition coefficient (Wildman–Crippen LogP) is 3.16. The van der Waals surface area contributed by atoms with E-state index in [0.29, 0.717) is 12.2 Å². The molecule has 0 atom stereocenters. The largest absolute Gasteiger partial charge is 0.305 e. The van der Waals surface area contributed by atoms with Crippen LogP contribution in [-0.2, 0) is 6.42 Å². The van der Waals surface area contributed by atoms with Gasteiger partial charge in [-0.05, 0) is 54.8 Å². The van der Waals surface area contributed by atoms with E-state index in [4.69, 9.17) is 0 Å². The van der Waals surface area contributed by atoms with Crippen LogP contribution in [0.3, 0.4) is 0 Å². The summed E-state index contributed by atoms with van der Waals surface area (Å²) < 4.78 is 13.2. The van der Waals surface area contributed by atoms with Gasteiger partial charge in [0.1, 0.15) is 11.6 Å². The van der Waals surface area contributed by atoms with Crippen molar-refractivity contribution in [1.82, 2.24) is 15.2 Å². The maximum absolute atomic E-state index is 13.2. The number of carbonyl (C=O) groups is 1. The summed E-state index contributed by atoms with van der Waals surface area (Å²) in [4.78, 5) is 16.2. The first kappa shape index (κ1) is 15.7. The molecular weight excluding hydrogens is 307 g/mol. The van der Waals surface area contributed by atoms with E-state index >= 15 is 0 Å². The summed E-state index contributed by atoms with van der Waals surface area (Å²) in [7, 11) is 0. The van der Waals surface area contributed by atoms with E-state index in [9.17, 15) is 9.18 Å². The normalized spacial score (nSPS) is 10.4. The third kappa shape index (κ3) is 3.98. The van der Waals surface area contributed by atoms with Crippen molar-refractivity contribution in [3.8, 4) is 0 Å². The van der Waals surface area contributed by atoms with E-state index < -0.39 is 0 Å². The van der Waals surface area contributed by atoms with Gasteiger partial charge in [0.2, 0.25) is 0 Å². The fraction of sp³-hybridized carbons (Fsp3) is 0.111. The summed E-state index contributed by atoms with van der Waals surface area (Å²) in [6, 6.07) is 13.3. The Labute approximate surface area is 138 Å². The summed E-state index contributed by atoms with van der Waals surface area (Å²) in [6.07, 6.45) is 2.23. The maximum Gasteiger partial charge on any atom is 0.277 e. The summed E-state index contributed by atoms with van der Waals surface area (Å²) in [5, 5.41) is 10.3. The van der Waals surface area contributed by atoms with Crippen molar-refractivity contribution in [2.45, 2.75) is 13.3 Å². The highest BCUT2D eigenvalue weighted by Gasteiger charge is 2.09.